The summed E-state index contributed by atoms with van der Waals surface area (Å²) in [4.78, 5) is 15.5. The van der Waals surface area contributed by atoms with Crippen LogP contribution in [0.4, 0.5) is 0 Å². The van der Waals surface area contributed by atoms with E-state index >= 15 is 0 Å². The molecule has 0 unspecified atom stereocenters. The van der Waals surface area contributed by atoms with Crippen LogP contribution < -0.4 is 10.2 Å². The topological polar surface area (TPSA) is 65.0 Å². The van der Waals surface area contributed by atoms with Crippen molar-refractivity contribution in [3.8, 4) is 11.6 Å². The van der Waals surface area contributed by atoms with Crippen LogP contribution in [-0.4, -0.2) is 13.7 Å². The quantitative estimate of drug-likeness (QED) is 0.796. The maximum Gasteiger partial charge on any atom is 0.283 e. The van der Waals surface area contributed by atoms with Crippen molar-refractivity contribution in [2.24, 2.45) is 0 Å². The maximum atomic E-state index is 11.5. The first kappa shape index (κ1) is 12.2. The fourth-order valence-corrected chi connectivity index (χ4v) is 1.82. The van der Waals surface area contributed by atoms with Gasteiger partial charge in [-0.1, -0.05) is 23.2 Å². The molecule has 0 atom stereocenters. The first-order valence-corrected chi connectivity index (χ1v) is 5.90. The van der Waals surface area contributed by atoms with Gasteiger partial charge in [0, 0.05) is 5.69 Å². The third-order valence-corrected chi connectivity index (χ3v) is 2.93. The van der Waals surface area contributed by atoms with Crippen LogP contribution in [0.2, 0.25) is 10.3 Å². The van der Waals surface area contributed by atoms with E-state index in [0.29, 0.717) is 0 Å². The highest BCUT2D eigenvalue weighted by Crippen LogP contribution is 2.25. The van der Waals surface area contributed by atoms with Crippen molar-refractivity contribution in [3.63, 3.8) is 0 Å². The summed E-state index contributed by atoms with van der Waals surface area (Å²) >= 11 is 12.2. The molecule has 0 saturated heterocycles. The molecule has 8 heteroatoms. The van der Waals surface area contributed by atoms with E-state index in [1.807, 2.05) is 0 Å². The summed E-state index contributed by atoms with van der Waals surface area (Å²) in [6, 6.07) is 3.31. The summed E-state index contributed by atoms with van der Waals surface area (Å²) in [7, 11) is 0. The van der Waals surface area contributed by atoms with E-state index in [1.165, 1.54) is 0 Å². The minimum Gasteiger partial charge on any atom is -0.432 e. The molecule has 2 heterocycles. The third kappa shape index (κ3) is 2.71. The Bertz CT molecular complexity index is 617. The molecule has 2 aromatic heterocycles. The number of aromatic nitrogens is 3. The smallest absolute Gasteiger partial charge is 0.283 e. The zero-order chi connectivity index (χ0) is 12.4. The van der Waals surface area contributed by atoms with Crippen LogP contribution in [0.5, 0.6) is 11.6 Å². The van der Waals surface area contributed by atoms with Gasteiger partial charge < -0.3 is 4.74 Å². The monoisotopic (exact) mass is 289 g/mol. The second kappa shape index (κ2) is 4.95. The molecule has 2 rings (SSSR count). The van der Waals surface area contributed by atoms with Gasteiger partial charge >= 0.3 is 0 Å². The summed E-state index contributed by atoms with van der Waals surface area (Å²) in [5, 5.41) is -0.0275. The van der Waals surface area contributed by atoms with E-state index < -0.39 is 5.43 Å². The Labute approximate surface area is 110 Å². The number of hydrogen-bond acceptors (Lipinski definition) is 6. The highest BCUT2D eigenvalue weighted by atomic mass is 35.5. The fraction of sp³-hybridized carbons (Fsp3) is 0.111. The van der Waals surface area contributed by atoms with Crippen LogP contribution in [0, 0.1) is 6.92 Å². The molecule has 5 nitrogen and oxygen atoms in total. The molecule has 0 aliphatic heterocycles. The number of nitrogens with zero attached hydrogens (tertiary/aromatic N) is 3. The van der Waals surface area contributed by atoms with Crippen molar-refractivity contribution in [1.29, 1.82) is 0 Å². The zero-order valence-electron chi connectivity index (χ0n) is 8.48. The summed E-state index contributed by atoms with van der Waals surface area (Å²) in [6.45, 7) is 1.79. The van der Waals surface area contributed by atoms with E-state index in [9.17, 15) is 4.79 Å². The molecule has 88 valence electrons. The lowest BCUT2D eigenvalue weighted by atomic mass is 10.4. The molecule has 0 radical (unpaired) electrons. The van der Waals surface area contributed by atoms with Crippen molar-refractivity contribution in [2.45, 2.75) is 6.92 Å². The fourth-order valence-electron chi connectivity index (χ4n) is 1.02. The van der Waals surface area contributed by atoms with Gasteiger partial charge in [-0.3, -0.25) is 4.79 Å². The molecule has 0 spiro atoms. The molecule has 0 aliphatic carbocycles. The SMILES string of the molecule is Cc1ccc(Oc2nsnc(Cl)c2=O)c(Cl)n1. The van der Waals surface area contributed by atoms with Gasteiger partial charge in [0.05, 0.1) is 11.7 Å². The predicted molar refractivity (Wildman–Crippen MR) is 65.2 cm³/mol. The van der Waals surface area contributed by atoms with Crippen molar-refractivity contribution < 1.29 is 4.74 Å². The van der Waals surface area contributed by atoms with Gasteiger partial charge in [0.1, 0.15) is 0 Å². The van der Waals surface area contributed by atoms with Gasteiger partial charge in [0.2, 0.25) is 0 Å². The highest BCUT2D eigenvalue weighted by molar-refractivity contribution is 6.99. The number of aryl methyl sites for hydroxylation is 1. The number of rotatable bonds is 2. The Balaban J connectivity index is 2.38. The lowest BCUT2D eigenvalue weighted by Gasteiger charge is -2.04. The van der Waals surface area contributed by atoms with Gasteiger partial charge in [-0.25, -0.2) is 4.98 Å². The van der Waals surface area contributed by atoms with E-state index in [0.717, 1.165) is 17.4 Å². The van der Waals surface area contributed by atoms with Crippen LogP contribution >= 0.6 is 34.9 Å². The Hall–Kier alpha value is -1.24. The van der Waals surface area contributed by atoms with Crippen molar-refractivity contribution in [1.82, 2.24) is 13.7 Å². The summed E-state index contributed by atoms with van der Waals surface area (Å²) in [5.41, 5.74) is 0.162. The van der Waals surface area contributed by atoms with Crippen LogP contribution in [0.1, 0.15) is 5.69 Å². The van der Waals surface area contributed by atoms with Gasteiger partial charge in [0.25, 0.3) is 11.3 Å². The second-order valence-electron chi connectivity index (χ2n) is 3.03. The normalized spacial score (nSPS) is 10.3. The van der Waals surface area contributed by atoms with Crippen LogP contribution in [0.3, 0.4) is 0 Å². The molecule has 0 fully saturated rings. The molecule has 17 heavy (non-hydrogen) atoms. The molecule has 0 bridgehead atoms. The van der Waals surface area contributed by atoms with Gasteiger partial charge in [-0.15, -0.1) is 4.37 Å². The van der Waals surface area contributed by atoms with Crippen molar-refractivity contribution >= 4 is 34.9 Å². The summed E-state index contributed by atoms with van der Waals surface area (Å²) in [5.74, 6) is 0.0823. The zero-order valence-corrected chi connectivity index (χ0v) is 10.8. The summed E-state index contributed by atoms with van der Waals surface area (Å²) in [6.07, 6.45) is 0. The molecular formula is C9H5Cl2N3O2S. The molecular weight excluding hydrogens is 285 g/mol. The minimum absolute atomic E-state index is 0.157. The molecule has 0 aliphatic rings. The Morgan fingerprint density at radius 3 is 2.71 bits per heavy atom. The predicted octanol–water partition coefficient (Wildman–Crippen LogP) is 2.70. The summed E-state index contributed by atoms with van der Waals surface area (Å²) < 4.78 is 12.5. The standard InChI is InChI=1S/C9H5Cl2N3O2S/c1-4-2-3-5(7(10)12-4)16-9-6(15)8(11)13-17-14-9/h2-3H,1H3. The van der Waals surface area contributed by atoms with Gasteiger partial charge in [-0.05, 0) is 19.1 Å². The van der Waals surface area contributed by atoms with Crippen LogP contribution in [-0.2, 0) is 0 Å². The lowest BCUT2D eigenvalue weighted by Crippen LogP contribution is -2.08. The number of halogens is 2. The highest BCUT2D eigenvalue weighted by Gasteiger charge is 2.11. The van der Waals surface area contributed by atoms with E-state index in [-0.39, 0.29) is 21.9 Å². The number of pyridine rings is 1. The average Bonchev–Trinajstić information content (AvgIpc) is 2.28. The largest absolute Gasteiger partial charge is 0.432 e. The Kier molecular flexibility index (Phi) is 3.56. The molecule has 2 aromatic rings. The number of ether oxygens (including phenoxy) is 1. The molecule has 0 amide bonds. The van der Waals surface area contributed by atoms with Crippen LogP contribution in [0.25, 0.3) is 0 Å². The van der Waals surface area contributed by atoms with Crippen molar-refractivity contribution in [2.75, 3.05) is 0 Å². The van der Waals surface area contributed by atoms with Gasteiger partial charge in [0.15, 0.2) is 16.1 Å². The average molecular weight is 290 g/mol. The molecule has 0 saturated carbocycles. The van der Waals surface area contributed by atoms with E-state index in [1.54, 1.807) is 19.1 Å². The molecule has 0 aromatic carbocycles. The Morgan fingerprint density at radius 1 is 1.24 bits per heavy atom. The maximum absolute atomic E-state index is 11.5. The minimum atomic E-state index is -0.581. The lowest BCUT2D eigenvalue weighted by molar-refractivity contribution is 0.460. The number of hydrogen-bond donors (Lipinski definition) is 0. The first-order chi connectivity index (χ1) is 8.08. The molecule has 0 N–H and O–H groups in total. The second-order valence-corrected chi connectivity index (χ2v) is 4.28. The first-order valence-electron chi connectivity index (χ1n) is 4.41. The van der Waals surface area contributed by atoms with Crippen molar-refractivity contribution in [3.05, 3.63) is 38.4 Å². The van der Waals surface area contributed by atoms with E-state index in [4.69, 9.17) is 27.9 Å². The van der Waals surface area contributed by atoms with E-state index in [2.05, 4.69) is 13.7 Å². The van der Waals surface area contributed by atoms with Gasteiger partial charge in [-0.2, -0.15) is 4.37 Å². The van der Waals surface area contributed by atoms with Crippen LogP contribution in [0.15, 0.2) is 16.9 Å². The third-order valence-electron chi connectivity index (χ3n) is 1.79. The Morgan fingerprint density at radius 2 is 2.00 bits per heavy atom.